The summed E-state index contributed by atoms with van der Waals surface area (Å²) in [6, 6.07) is 17.2. The third-order valence-electron chi connectivity index (χ3n) is 4.68. The first kappa shape index (κ1) is 18.4. The molecule has 2 aromatic carbocycles. The number of para-hydroxylation sites is 1. The molecule has 0 saturated carbocycles. The van der Waals surface area contributed by atoms with Gasteiger partial charge in [0.15, 0.2) is 22.3 Å². The molecule has 3 heterocycles. The maximum absolute atomic E-state index is 12.7. The average molecular weight is 418 g/mol. The Morgan fingerprint density at radius 1 is 1.07 bits per heavy atom. The summed E-state index contributed by atoms with van der Waals surface area (Å²) in [5.74, 6) is 1.15. The van der Waals surface area contributed by atoms with Crippen molar-refractivity contribution in [1.29, 1.82) is 0 Å². The summed E-state index contributed by atoms with van der Waals surface area (Å²) in [4.78, 5) is 17.2. The SMILES string of the molecule is Cc1cc(C(=O)Nc2nc(-c3ccc4c(c3)OCCO4)cs2)nn1-c1ccccc1. The number of fused-ring (bicyclic) bond motifs is 1. The molecule has 7 nitrogen and oxygen atoms in total. The van der Waals surface area contributed by atoms with Crippen LogP contribution in [0.15, 0.2) is 60.0 Å². The van der Waals surface area contributed by atoms with Crippen molar-refractivity contribution in [2.24, 2.45) is 0 Å². The van der Waals surface area contributed by atoms with E-state index >= 15 is 0 Å². The van der Waals surface area contributed by atoms with Gasteiger partial charge in [0.05, 0.1) is 11.4 Å². The van der Waals surface area contributed by atoms with E-state index in [4.69, 9.17) is 9.47 Å². The molecule has 0 atom stereocenters. The number of amides is 1. The number of aryl methyl sites for hydroxylation is 1. The van der Waals surface area contributed by atoms with E-state index in [1.165, 1.54) is 11.3 Å². The van der Waals surface area contributed by atoms with Crippen molar-refractivity contribution in [1.82, 2.24) is 14.8 Å². The summed E-state index contributed by atoms with van der Waals surface area (Å²) in [5.41, 5.74) is 3.79. The summed E-state index contributed by atoms with van der Waals surface area (Å²) < 4.78 is 12.9. The smallest absolute Gasteiger partial charge is 0.277 e. The number of hydrogen-bond donors (Lipinski definition) is 1. The molecule has 150 valence electrons. The minimum atomic E-state index is -0.296. The number of benzene rings is 2. The first-order chi connectivity index (χ1) is 14.7. The van der Waals surface area contributed by atoms with Crippen molar-refractivity contribution in [3.8, 4) is 28.4 Å². The van der Waals surface area contributed by atoms with Gasteiger partial charge in [-0.15, -0.1) is 11.3 Å². The Kier molecular flexibility index (Phi) is 4.68. The highest BCUT2D eigenvalue weighted by Crippen LogP contribution is 2.35. The van der Waals surface area contributed by atoms with Gasteiger partial charge in [0.1, 0.15) is 13.2 Å². The van der Waals surface area contributed by atoms with Crippen LogP contribution in [0.1, 0.15) is 16.2 Å². The molecular weight excluding hydrogens is 400 g/mol. The number of rotatable bonds is 4. The zero-order valence-electron chi connectivity index (χ0n) is 16.2. The van der Waals surface area contributed by atoms with E-state index in [0.717, 1.165) is 28.4 Å². The lowest BCUT2D eigenvalue weighted by Gasteiger charge is -2.18. The molecule has 1 amide bonds. The van der Waals surface area contributed by atoms with E-state index in [0.29, 0.717) is 29.8 Å². The lowest BCUT2D eigenvalue weighted by atomic mass is 10.1. The summed E-state index contributed by atoms with van der Waals surface area (Å²) in [7, 11) is 0. The Balaban J connectivity index is 1.34. The maximum atomic E-state index is 12.7. The Labute approximate surface area is 176 Å². The van der Waals surface area contributed by atoms with Gasteiger partial charge in [-0.2, -0.15) is 5.10 Å². The molecule has 0 aliphatic carbocycles. The largest absolute Gasteiger partial charge is 0.486 e. The number of nitrogens with zero attached hydrogens (tertiary/aromatic N) is 3. The quantitative estimate of drug-likeness (QED) is 0.534. The second-order valence-electron chi connectivity index (χ2n) is 6.77. The van der Waals surface area contributed by atoms with E-state index in [2.05, 4.69) is 15.4 Å². The lowest BCUT2D eigenvalue weighted by molar-refractivity contribution is 0.102. The van der Waals surface area contributed by atoms with Gasteiger partial charge in [0.25, 0.3) is 5.91 Å². The predicted molar refractivity (Wildman–Crippen MR) is 115 cm³/mol. The van der Waals surface area contributed by atoms with Gasteiger partial charge in [-0.3, -0.25) is 10.1 Å². The van der Waals surface area contributed by atoms with Gasteiger partial charge < -0.3 is 9.47 Å². The van der Waals surface area contributed by atoms with Crippen molar-refractivity contribution < 1.29 is 14.3 Å². The molecule has 5 rings (SSSR count). The van der Waals surface area contributed by atoms with Crippen molar-refractivity contribution >= 4 is 22.4 Å². The van der Waals surface area contributed by atoms with Crippen LogP contribution < -0.4 is 14.8 Å². The summed E-state index contributed by atoms with van der Waals surface area (Å²) >= 11 is 1.36. The number of nitrogens with one attached hydrogen (secondary N) is 1. The number of carbonyl (C=O) groups is 1. The molecule has 30 heavy (non-hydrogen) atoms. The monoisotopic (exact) mass is 418 g/mol. The molecule has 0 spiro atoms. The molecule has 0 radical (unpaired) electrons. The van der Waals surface area contributed by atoms with Crippen molar-refractivity contribution in [2.75, 3.05) is 18.5 Å². The third-order valence-corrected chi connectivity index (χ3v) is 5.44. The van der Waals surface area contributed by atoms with Crippen LogP contribution in [-0.2, 0) is 0 Å². The number of carbonyl (C=O) groups excluding carboxylic acids is 1. The molecule has 0 saturated heterocycles. The summed E-state index contributed by atoms with van der Waals surface area (Å²) in [6.45, 7) is 3.00. The highest BCUT2D eigenvalue weighted by atomic mass is 32.1. The van der Waals surface area contributed by atoms with Gasteiger partial charge in [-0.05, 0) is 43.3 Å². The van der Waals surface area contributed by atoms with Crippen LogP contribution in [0, 0.1) is 6.92 Å². The predicted octanol–water partition coefficient (Wildman–Crippen LogP) is 4.33. The van der Waals surface area contributed by atoms with Crippen LogP contribution in [0.25, 0.3) is 16.9 Å². The van der Waals surface area contributed by atoms with E-state index in [1.807, 2.05) is 60.8 Å². The standard InChI is InChI=1S/C22H18N4O3S/c1-14-11-17(25-26(14)16-5-3-2-4-6-16)21(27)24-22-23-18(13-30-22)15-7-8-19-20(12-15)29-10-9-28-19/h2-8,11-13H,9-10H2,1H3,(H,23,24,27). The Hall–Kier alpha value is -3.65. The first-order valence-corrected chi connectivity index (χ1v) is 10.3. The highest BCUT2D eigenvalue weighted by Gasteiger charge is 2.17. The Morgan fingerprint density at radius 2 is 1.87 bits per heavy atom. The minimum Gasteiger partial charge on any atom is -0.486 e. The molecule has 8 heteroatoms. The molecule has 2 aromatic heterocycles. The number of aromatic nitrogens is 3. The van der Waals surface area contributed by atoms with Crippen LogP contribution in [0.4, 0.5) is 5.13 Å². The average Bonchev–Trinajstić information content (AvgIpc) is 3.41. The summed E-state index contributed by atoms with van der Waals surface area (Å²) in [6.07, 6.45) is 0. The van der Waals surface area contributed by atoms with Crippen LogP contribution in [-0.4, -0.2) is 33.9 Å². The highest BCUT2D eigenvalue weighted by molar-refractivity contribution is 7.14. The maximum Gasteiger partial charge on any atom is 0.277 e. The number of thiazole rings is 1. The zero-order chi connectivity index (χ0) is 20.5. The van der Waals surface area contributed by atoms with Crippen LogP contribution in [0.2, 0.25) is 0 Å². The molecule has 1 aliphatic rings. The first-order valence-electron chi connectivity index (χ1n) is 9.46. The van der Waals surface area contributed by atoms with Gasteiger partial charge >= 0.3 is 0 Å². The van der Waals surface area contributed by atoms with Crippen LogP contribution >= 0.6 is 11.3 Å². The summed E-state index contributed by atoms with van der Waals surface area (Å²) in [5, 5.41) is 9.69. The van der Waals surface area contributed by atoms with Gasteiger partial charge in [0, 0.05) is 16.6 Å². The molecule has 4 aromatic rings. The van der Waals surface area contributed by atoms with E-state index in [-0.39, 0.29) is 5.91 Å². The molecule has 0 unspecified atom stereocenters. The van der Waals surface area contributed by atoms with Gasteiger partial charge in [0.2, 0.25) is 0 Å². The molecule has 1 aliphatic heterocycles. The topological polar surface area (TPSA) is 78.3 Å². The normalized spacial score (nSPS) is 12.6. The molecule has 0 fully saturated rings. The molecule has 1 N–H and O–H groups in total. The van der Waals surface area contributed by atoms with Crippen LogP contribution in [0.5, 0.6) is 11.5 Å². The zero-order valence-corrected chi connectivity index (χ0v) is 17.0. The number of anilines is 1. The minimum absolute atomic E-state index is 0.296. The Morgan fingerprint density at radius 3 is 2.70 bits per heavy atom. The van der Waals surface area contributed by atoms with Crippen molar-refractivity contribution in [3.05, 3.63) is 71.4 Å². The lowest BCUT2D eigenvalue weighted by Crippen LogP contribution is -2.15. The third kappa shape index (κ3) is 3.53. The van der Waals surface area contributed by atoms with Gasteiger partial charge in [-0.25, -0.2) is 9.67 Å². The molecular formula is C22H18N4O3S. The van der Waals surface area contributed by atoms with E-state index in [1.54, 1.807) is 10.7 Å². The fourth-order valence-corrected chi connectivity index (χ4v) is 3.96. The van der Waals surface area contributed by atoms with Crippen molar-refractivity contribution in [2.45, 2.75) is 6.92 Å². The number of hydrogen-bond acceptors (Lipinski definition) is 6. The second-order valence-corrected chi connectivity index (χ2v) is 7.63. The second kappa shape index (κ2) is 7.64. The van der Waals surface area contributed by atoms with Crippen LogP contribution in [0.3, 0.4) is 0 Å². The van der Waals surface area contributed by atoms with Crippen molar-refractivity contribution in [3.63, 3.8) is 0 Å². The Bertz CT molecular complexity index is 1220. The fourth-order valence-electron chi connectivity index (χ4n) is 3.24. The molecule has 0 bridgehead atoms. The van der Waals surface area contributed by atoms with Gasteiger partial charge in [-0.1, -0.05) is 18.2 Å². The number of ether oxygens (including phenoxy) is 2. The van der Waals surface area contributed by atoms with E-state index in [9.17, 15) is 4.79 Å². The van der Waals surface area contributed by atoms with E-state index < -0.39 is 0 Å². The fraction of sp³-hybridized carbons (Fsp3) is 0.136.